The van der Waals surface area contributed by atoms with Gasteiger partial charge in [0.25, 0.3) is 0 Å². The van der Waals surface area contributed by atoms with Gasteiger partial charge in [-0.15, -0.1) is 0 Å². The molecule has 8 heteroatoms. The van der Waals surface area contributed by atoms with Crippen molar-refractivity contribution in [3.8, 4) is 5.69 Å². The molecule has 36 heavy (non-hydrogen) atoms. The number of hydrogen-bond acceptors (Lipinski definition) is 2. The van der Waals surface area contributed by atoms with Crippen LogP contribution in [-0.2, 0) is 6.18 Å². The number of pyridine rings is 1. The van der Waals surface area contributed by atoms with Gasteiger partial charge in [0, 0.05) is 29.0 Å². The fourth-order valence-electron chi connectivity index (χ4n) is 4.96. The Kier molecular flexibility index (Phi) is 6.08. The van der Waals surface area contributed by atoms with Crippen molar-refractivity contribution in [2.75, 3.05) is 4.90 Å². The first-order valence-electron chi connectivity index (χ1n) is 11.6. The van der Waals surface area contributed by atoms with Crippen molar-refractivity contribution in [3.05, 3.63) is 113 Å². The third-order valence-corrected chi connectivity index (χ3v) is 6.95. The van der Waals surface area contributed by atoms with E-state index in [4.69, 9.17) is 12.2 Å². The molecular weight excluding hydrogens is 481 g/mol. The van der Waals surface area contributed by atoms with Crippen LogP contribution in [0.25, 0.3) is 5.69 Å². The van der Waals surface area contributed by atoms with Crippen LogP contribution < -0.4 is 10.2 Å². The van der Waals surface area contributed by atoms with Crippen LogP contribution in [0.5, 0.6) is 0 Å². The zero-order valence-electron chi connectivity index (χ0n) is 20.0. The molecule has 1 aliphatic rings. The number of rotatable bonds is 4. The Morgan fingerprint density at radius 2 is 1.64 bits per heavy atom. The molecule has 1 aliphatic heterocycles. The maximum absolute atomic E-state index is 13.4. The van der Waals surface area contributed by atoms with Gasteiger partial charge in [0.2, 0.25) is 0 Å². The molecule has 0 saturated carbocycles. The number of thiocarbonyl (C=S) groups is 1. The lowest BCUT2D eigenvalue weighted by molar-refractivity contribution is -0.137. The van der Waals surface area contributed by atoms with E-state index in [1.807, 2.05) is 73.9 Å². The van der Waals surface area contributed by atoms with Crippen LogP contribution in [0.3, 0.4) is 0 Å². The maximum Gasteiger partial charge on any atom is 0.416 e. The van der Waals surface area contributed by atoms with E-state index in [9.17, 15) is 13.2 Å². The Hall–Kier alpha value is -3.65. The lowest BCUT2D eigenvalue weighted by atomic mass is 9.96. The zero-order valence-corrected chi connectivity index (χ0v) is 20.9. The minimum absolute atomic E-state index is 0.240. The lowest BCUT2D eigenvalue weighted by Gasteiger charge is -2.28. The Morgan fingerprint density at radius 1 is 0.889 bits per heavy atom. The number of anilines is 1. The molecule has 0 radical (unpaired) electrons. The second-order valence-electron chi connectivity index (χ2n) is 9.04. The van der Waals surface area contributed by atoms with Gasteiger partial charge >= 0.3 is 6.18 Å². The monoisotopic (exact) mass is 506 g/mol. The van der Waals surface area contributed by atoms with Crippen LogP contribution in [0.1, 0.15) is 45.9 Å². The van der Waals surface area contributed by atoms with Crippen LogP contribution in [-0.4, -0.2) is 14.7 Å². The zero-order chi connectivity index (χ0) is 25.6. The normalized spacial score (nSPS) is 17.9. The minimum atomic E-state index is -4.42. The molecule has 4 nitrogen and oxygen atoms in total. The van der Waals surface area contributed by atoms with Crippen molar-refractivity contribution in [2.24, 2.45) is 0 Å². The molecule has 0 aliphatic carbocycles. The fourth-order valence-corrected chi connectivity index (χ4v) is 5.31. The Morgan fingerprint density at radius 3 is 2.31 bits per heavy atom. The number of aromatic nitrogens is 2. The molecule has 3 heterocycles. The van der Waals surface area contributed by atoms with Crippen LogP contribution >= 0.6 is 12.2 Å². The van der Waals surface area contributed by atoms with Gasteiger partial charge in [-0.3, -0.25) is 4.98 Å². The molecule has 184 valence electrons. The summed E-state index contributed by atoms with van der Waals surface area (Å²) in [6, 6.07) is 20.9. The summed E-state index contributed by atoms with van der Waals surface area (Å²) in [5.74, 6) is 0. The van der Waals surface area contributed by atoms with Crippen molar-refractivity contribution >= 4 is 23.0 Å². The van der Waals surface area contributed by atoms with E-state index in [-0.39, 0.29) is 12.1 Å². The fraction of sp³-hybridized carbons (Fsp3) is 0.214. The summed E-state index contributed by atoms with van der Waals surface area (Å²) in [7, 11) is 0. The van der Waals surface area contributed by atoms with E-state index in [1.54, 1.807) is 12.3 Å². The number of nitrogens with one attached hydrogen (secondary N) is 1. The molecule has 2 aromatic carbocycles. The number of halogens is 3. The Labute approximate surface area is 213 Å². The summed E-state index contributed by atoms with van der Waals surface area (Å²) < 4.78 is 42.2. The van der Waals surface area contributed by atoms with Gasteiger partial charge in [0.05, 0.1) is 23.3 Å². The van der Waals surface area contributed by atoms with E-state index in [1.165, 1.54) is 12.1 Å². The van der Waals surface area contributed by atoms with Gasteiger partial charge in [-0.1, -0.05) is 29.8 Å². The summed E-state index contributed by atoms with van der Waals surface area (Å²) in [5, 5.41) is 4.02. The summed E-state index contributed by atoms with van der Waals surface area (Å²) >= 11 is 5.80. The van der Waals surface area contributed by atoms with Gasteiger partial charge in [-0.05, 0) is 87.1 Å². The Bertz CT molecular complexity index is 1410. The molecule has 4 aromatic rings. The predicted molar refractivity (Wildman–Crippen MR) is 139 cm³/mol. The lowest BCUT2D eigenvalue weighted by Crippen LogP contribution is -2.29. The molecule has 2 aromatic heterocycles. The summed E-state index contributed by atoms with van der Waals surface area (Å²) in [6.07, 6.45) is -2.67. The highest BCUT2D eigenvalue weighted by molar-refractivity contribution is 7.80. The van der Waals surface area contributed by atoms with Crippen LogP contribution in [0, 0.1) is 20.8 Å². The van der Waals surface area contributed by atoms with Gasteiger partial charge in [-0.2, -0.15) is 13.2 Å². The third kappa shape index (κ3) is 4.26. The van der Waals surface area contributed by atoms with Crippen molar-refractivity contribution in [1.82, 2.24) is 14.9 Å². The van der Waals surface area contributed by atoms with Gasteiger partial charge < -0.3 is 14.8 Å². The molecule has 0 spiro atoms. The molecule has 1 fully saturated rings. The van der Waals surface area contributed by atoms with Crippen LogP contribution in [0.15, 0.2) is 79.0 Å². The molecule has 5 rings (SSSR count). The van der Waals surface area contributed by atoms with Crippen molar-refractivity contribution < 1.29 is 13.2 Å². The van der Waals surface area contributed by atoms with Gasteiger partial charge in [0.15, 0.2) is 5.11 Å². The highest BCUT2D eigenvalue weighted by Gasteiger charge is 2.42. The van der Waals surface area contributed by atoms with E-state index < -0.39 is 11.7 Å². The molecule has 0 amide bonds. The summed E-state index contributed by atoms with van der Waals surface area (Å²) in [4.78, 5) is 6.66. The molecular formula is C28H25F3N4S. The van der Waals surface area contributed by atoms with Gasteiger partial charge in [-0.25, -0.2) is 0 Å². The van der Waals surface area contributed by atoms with Crippen LogP contribution in [0.4, 0.5) is 18.9 Å². The number of hydrogen-bond donors (Lipinski definition) is 1. The largest absolute Gasteiger partial charge is 0.416 e. The summed E-state index contributed by atoms with van der Waals surface area (Å²) in [5.41, 5.74) is 5.35. The first kappa shape index (κ1) is 24.1. The van der Waals surface area contributed by atoms with Crippen molar-refractivity contribution in [1.29, 1.82) is 0 Å². The highest BCUT2D eigenvalue weighted by atomic mass is 32.1. The average Bonchev–Trinajstić information content (AvgIpc) is 3.35. The van der Waals surface area contributed by atoms with Crippen molar-refractivity contribution in [3.63, 3.8) is 0 Å². The maximum atomic E-state index is 13.4. The van der Waals surface area contributed by atoms with E-state index in [0.29, 0.717) is 10.8 Å². The first-order chi connectivity index (χ1) is 17.1. The molecule has 1 saturated heterocycles. The molecule has 0 unspecified atom stereocenters. The molecule has 2 atom stereocenters. The number of aryl methyl sites for hydroxylation is 2. The first-order valence-corrected chi connectivity index (χ1v) is 12.0. The standard InChI is InChI=1S/C28H25F3N4S/c1-17-10-12-21(13-11-17)35-26(25(33-27(35)36)24-9-4-5-14-32-24)23-15-18(2)34(19(23)3)22-8-6-7-20(16-22)28(29,30)31/h4-16,25-26H,1-3H3,(H,33,36)/t25-,26+/m0/s1. The second kappa shape index (κ2) is 9.09. The highest BCUT2D eigenvalue weighted by Crippen LogP contribution is 2.44. The Balaban J connectivity index is 1.67. The average molecular weight is 507 g/mol. The van der Waals surface area contributed by atoms with E-state index in [0.717, 1.165) is 40.0 Å². The number of benzene rings is 2. The topological polar surface area (TPSA) is 33.1 Å². The van der Waals surface area contributed by atoms with Crippen LogP contribution in [0.2, 0.25) is 0 Å². The summed E-state index contributed by atoms with van der Waals surface area (Å²) in [6.45, 7) is 5.87. The molecule has 0 bridgehead atoms. The van der Waals surface area contributed by atoms with E-state index >= 15 is 0 Å². The smallest absolute Gasteiger partial charge is 0.351 e. The van der Waals surface area contributed by atoms with Crippen molar-refractivity contribution in [2.45, 2.75) is 39.0 Å². The predicted octanol–water partition coefficient (Wildman–Crippen LogP) is 6.99. The minimum Gasteiger partial charge on any atom is -0.351 e. The second-order valence-corrected chi connectivity index (χ2v) is 9.43. The van der Waals surface area contributed by atoms with E-state index in [2.05, 4.69) is 15.2 Å². The molecule has 1 N–H and O–H groups in total. The number of alkyl halides is 3. The SMILES string of the molecule is Cc1ccc(N2C(=S)N[C@@H](c3ccccn3)[C@H]2c2cc(C)n(-c3cccc(C(F)(F)F)c3)c2C)cc1. The third-order valence-electron chi connectivity index (χ3n) is 6.63. The number of nitrogens with zero attached hydrogens (tertiary/aromatic N) is 3. The van der Waals surface area contributed by atoms with Gasteiger partial charge in [0.1, 0.15) is 0 Å². The quantitative estimate of drug-likeness (QED) is 0.302.